The van der Waals surface area contributed by atoms with Gasteiger partial charge < -0.3 is 20.7 Å². The van der Waals surface area contributed by atoms with Gasteiger partial charge in [0.1, 0.15) is 5.75 Å². The highest BCUT2D eigenvalue weighted by Gasteiger charge is 2.26. The molecule has 3 N–H and O–H groups in total. The van der Waals surface area contributed by atoms with Crippen LogP contribution in [0.15, 0.2) is 18.2 Å². The zero-order valence-corrected chi connectivity index (χ0v) is 14.7. The van der Waals surface area contributed by atoms with E-state index in [0.29, 0.717) is 17.0 Å². The first kappa shape index (κ1) is 18.3. The Labute approximate surface area is 143 Å². The van der Waals surface area contributed by atoms with Gasteiger partial charge in [-0.3, -0.25) is 9.59 Å². The van der Waals surface area contributed by atoms with Crippen molar-refractivity contribution in [3.8, 4) is 5.75 Å². The Morgan fingerprint density at radius 1 is 1.25 bits per heavy atom. The summed E-state index contributed by atoms with van der Waals surface area (Å²) < 4.78 is 5.23. The Hall–Kier alpha value is -2.08. The molecule has 1 aromatic rings. The lowest BCUT2D eigenvalue weighted by Gasteiger charge is -2.26. The second kappa shape index (κ2) is 8.15. The number of rotatable bonds is 5. The summed E-state index contributed by atoms with van der Waals surface area (Å²) in [5.41, 5.74) is 7.09. The summed E-state index contributed by atoms with van der Waals surface area (Å²) in [5.74, 6) is 0.331. The van der Waals surface area contributed by atoms with E-state index < -0.39 is 6.04 Å². The van der Waals surface area contributed by atoms with Gasteiger partial charge in [0.25, 0.3) is 5.91 Å². The summed E-state index contributed by atoms with van der Waals surface area (Å²) in [5, 5.41) is 2.83. The number of anilines is 1. The van der Waals surface area contributed by atoms with E-state index in [2.05, 4.69) is 5.32 Å². The number of hydrogen-bond acceptors (Lipinski definition) is 4. The molecule has 1 aromatic carbocycles. The third-order valence-corrected chi connectivity index (χ3v) is 4.56. The van der Waals surface area contributed by atoms with E-state index in [0.717, 1.165) is 25.7 Å². The number of ether oxygens (including phenoxy) is 1. The van der Waals surface area contributed by atoms with Gasteiger partial charge in [-0.1, -0.05) is 19.3 Å². The van der Waals surface area contributed by atoms with Crippen molar-refractivity contribution in [1.29, 1.82) is 0 Å². The van der Waals surface area contributed by atoms with E-state index in [1.165, 1.54) is 18.4 Å². The van der Waals surface area contributed by atoms with Crippen molar-refractivity contribution in [2.24, 2.45) is 11.7 Å². The molecule has 0 spiro atoms. The molecule has 1 saturated carbocycles. The number of methoxy groups -OCH3 is 1. The van der Waals surface area contributed by atoms with E-state index in [-0.39, 0.29) is 17.7 Å². The lowest BCUT2D eigenvalue weighted by atomic mass is 9.84. The van der Waals surface area contributed by atoms with Gasteiger partial charge in [-0.2, -0.15) is 0 Å². The molecule has 24 heavy (non-hydrogen) atoms. The predicted molar refractivity (Wildman–Crippen MR) is 94.2 cm³/mol. The minimum atomic E-state index is -0.514. The minimum absolute atomic E-state index is 0.181. The van der Waals surface area contributed by atoms with E-state index in [1.807, 2.05) is 0 Å². The Balaban J connectivity index is 2.12. The predicted octanol–water partition coefficient (Wildman–Crippen LogP) is 2.24. The molecule has 1 aliphatic carbocycles. The zero-order valence-electron chi connectivity index (χ0n) is 14.7. The van der Waals surface area contributed by atoms with E-state index in [9.17, 15) is 9.59 Å². The first-order valence-corrected chi connectivity index (χ1v) is 8.40. The number of hydrogen-bond donors (Lipinski definition) is 2. The van der Waals surface area contributed by atoms with Crippen LogP contribution < -0.4 is 15.8 Å². The summed E-state index contributed by atoms with van der Waals surface area (Å²) in [6.07, 6.45) is 5.49. The smallest absolute Gasteiger partial charge is 0.257 e. The van der Waals surface area contributed by atoms with Crippen molar-refractivity contribution in [1.82, 2.24) is 4.90 Å². The molecule has 0 aliphatic heterocycles. The first-order valence-electron chi connectivity index (χ1n) is 8.40. The van der Waals surface area contributed by atoms with Crippen LogP contribution in [0.5, 0.6) is 5.75 Å². The Morgan fingerprint density at radius 2 is 1.92 bits per heavy atom. The maximum atomic E-state index is 12.4. The molecule has 0 heterocycles. The van der Waals surface area contributed by atoms with Crippen LogP contribution in [0, 0.1) is 5.92 Å². The van der Waals surface area contributed by atoms with Gasteiger partial charge >= 0.3 is 0 Å². The van der Waals surface area contributed by atoms with Crippen molar-refractivity contribution in [3.63, 3.8) is 0 Å². The highest BCUT2D eigenvalue weighted by atomic mass is 16.5. The van der Waals surface area contributed by atoms with E-state index in [1.54, 1.807) is 32.3 Å². The first-order chi connectivity index (χ1) is 11.4. The molecule has 6 heteroatoms. The maximum Gasteiger partial charge on any atom is 0.257 e. The molecule has 0 saturated heterocycles. The van der Waals surface area contributed by atoms with E-state index in [4.69, 9.17) is 10.5 Å². The van der Waals surface area contributed by atoms with Crippen LogP contribution in [0.4, 0.5) is 5.69 Å². The third kappa shape index (κ3) is 4.26. The van der Waals surface area contributed by atoms with Crippen molar-refractivity contribution in [2.75, 3.05) is 26.5 Å². The number of carbonyl (C=O) groups excluding carboxylic acids is 2. The van der Waals surface area contributed by atoms with Crippen LogP contribution in [0.2, 0.25) is 0 Å². The summed E-state index contributed by atoms with van der Waals surface area (Å²) in [4.78, 5) is 26.1. The van der Waals surface area contributed by atoms with Crippen LogP contribution in [0.3, 0.4) is 0 Å². The molecule has 0 bridgehead atoms. The number of amides is 2. The number of nitrogens with zero attached hydrogens (tertiary/aromatic N) is 1. The number of nitrogens with two attached hydrogens (primary N) is 1. The topological polar surface area (TPSA) is 84.7 Å². The summed E-state index contributed by atoms with van der Waals surface area (Å²) in [6, 6.07) is 4.52. The summed E-state index contributed by atoms with van der Waals surface area (Å²) in [6.45, 7) is 0. The van der Waals surface area contributed by atoms with Crippen LogP contribution in [-0.4, -0.2) is 44.0 Å². The summed E-state index contributed by atoms with van der Waals surface area (Å²) in [7, 11) is 4.86. The molecule has 1 fully saturated rings. The molecule has 0 unspecified atom stereocenters. The molecule has 1 aliphatic rings. The van der Waals surface area contributed by atoms with Gasteiger partial charge in [-0.25, -0.2) is 0 Å². The molecule has 2 rings (SSSR count). The van der Waals surface area contributed by atoms with Gasteiger partial charge in [0.05, 0.1) is 18.7 Å². The molecule has 6 nitrogen and oxygen atoms in total. The largest absolute Gasteiger partial charge is 0.496 e. The van der Waals surface area contributed by atoms with Gasteiger partial charge in [-0.05, 0) is 37.0 Å². The lowest BCUT2D eigenvalue weighted by Crippen LogP contribution is -2.42. The molecular formula is C18H27N3O3. The van der Waals surface area contributed by atoms with Gasteiger partial charge in [0.2, 0.25) is 5.91 Å². The Kier molecular flexibility index (Phi) is 6.20. The fraction of sp³-hybridized carbons (Fsp3) is 0.556. The molecular weight excluding hydrogens is 306 g/mol. The second-order valence-corrected chi connectivity index (χ2v) is 6.53. The molecule has 2 amide bonds. The highest BCUT2D eigenvalue weighted by molar-refractivity contribution is 6.00. The average Bonchev–Trinajstić information content (AvgIpc) is 2.60. The molecule has 132 valence electrons. The number of benzene rings is 1. The van der Waals surface area contributed by atoms with Crippen LogP contribution in [-0.2, 0) is 4.79 Å². The summed E-state index contributed by atoms with van der Waals surface area (Å²) >= 11 is 0. The monoisotopic (exact) mass is 333 g/mol. The van der Waals surface area contributed by atoms with E-state index >= 15 is 0 Å². The quantitative estimate of drug-likeness (QED) is 0.865. The fourth-order valence-corrected chi connectivity index (χ4v) is 3.13. The van der Waals surface area contributed by atoms with Crippen molar-refractivity contribution < 1.29 is 14.3 Å². The minimum Gasteiger partial charge on any atom is -0.496 e. The molecule has 0 radical (unpaired) electrons. The highest BCUT2D eigenvalue weighted by Crippen LogP contribution is 2.27. The fourth-order valence-electron chi connectivity index (χ4n) is 3.13. The zero-order chi connectivity index (χ0) is 17.7. The van der Waals surface area contributed by atoms with Crippen molar-refractivity contribution in [2.45, 2.75) is 38.1 Å². The number of nitrogens with one attached hydrogen (secondary N) is 1. The van der Waals surface area contributed by atoms with Gasteiger partial charge in [0, 0.05) is 19.8 Å². The lowest BCUT2D eigenvalue weighted by molar-refractivity contribution is -0.118. The SMILES string of the molecule is COc1ccc(NC(=O)[C@@H](N)C2CCCCC2)cc1C(=O)N(C)C. The standard InChI is InChI=1S/C18H27N3O3/c1-21(2)18(23)14-11-13(9-10-15(14)24-3)20-17(22)16(19)12-7-5-4-6-8-12/h9-12,16H,4-8,19H2,1-3H3,(H,20,22)/t16-/m0/s1. The maximum absolute atomic E-state index is 12.4. The molecule has 0 aromatic heterocycles. The third-order valence-electron chi connectivity index (χ3n) is 4.56. The normalized spacial score (nSPS) is 16.3. The van der Waals surface area contributed by atoms with Crippen molar-refractivity contribution in [3.05, 3.63) is 23.8 Å². The van der Waals surface area contributed by atoms with Crippen LogP contribution in [0.25, 0.3) is 0 Å². The number of carbonyl (C=O) groups is 2. The second-order valence-electron chi connectivity index (χ2n) is 6.53. The average molecular weight is 333 g/mol. The van der Waals surface area contributed by atoms with Crippen molar-refractivity contribution >= 4 is 17.5 Å². The van der Waals surface area contributed by atoms with Crippen LogP contribution >= 0.6 is 0 Å². The van der Waals surface area contributed by atoms with Gasteiger partial charge in [-0.15, -0.1) is 0 Å². The molecule has 1 atom stereocenters. The Bertz CT molecular complexity index is 595. The Morgan fingerprint density at radius 3 is 2.50 bits per heavy atom. The van der Waals surface area contributed by atoms with Gasteiger partial charge in [0.15, 0.2) is 0 Å². The van der Waals surface area contributed by atoms with Crippen LogP contribution in [0.1, 0.15) is 42.5 Å².